The first-order chi connectivity index (χ1) is 9.15. The van der Waals surface area contributed by atoms with E-state index in [0.29, 0.717) is 5.02 Å². The van der Waals surface area contributed by atoms with Gasteiger partial charge in [0.15, 0.2) is 0 Å². The van der Waals surface area contributed by atoms with Crippen molar-refractivity contribution in [1.82, 2.24) is 0 Å². The largest absolute Gasteiger partial charge is 0.469 e. The van der Waals surface area contributed by atoms with Crippen LogP contribution in [0.1, 0.15) is 35.8 Å². The molecular weight excluding hydrogens is 281 g/mol. The minimum absolute atomic E-state index is 0.249. The predicted molar refractivity (Wildman–Crippen MR) is 79.2 cm³/mol. The molecule has 0 bridgehead atoms. The van der Waals surface area contributed by atoms with Gasteiger partial charge in [-0.3, -0.25) is 0 Å². The molecule has 2 aromatic rings. The van der Waals surface area contributed by atoms with Gasteiger partial charge < -0.3 is 9.73 Å². The number of fused-ring (bicyclic) bond motifs is 1. The first-order valence-corrected chi connectivity index (χ1v) is 7.19. The Hall–Kier alpha value is -1.12. The van der Waals surface area contributed by atoms with E-state index in [1.807, 2.05) is 25.1 Å². The maximum Gasteiger partial charge on any atom is 0.109 e. The first-order valence-electron chi connectivity index (χ1n) is 6.43. The minimum Gasteiger partial charge on any atom is -0.469 e. The zero-order valence-corrected chi connectivity index (χ0v) is 12.2. The number of aryl methyl sites for hydroxylation is 2. The van der Waals surface area contributed by atoms with Crippen LogP contribution in [0.15, 0.2) is 28.9 Å². The molecule has 3 rings (SSSR count). The average molecular weight is 296 g/mol. The molecule has 0 saturated carbocycles. The molecule has 0 spiro atoms. The van der Waals surface area contributed by atoms with Gasteiger partial charge in [-0.1, -0.05) is 23.2 Å². The number of nitrogens with one attached hydrogen (secondary N) is 1. The van der Waals surface area contributed by atoms with Gasteiger partial charge in [0.05, 0.1) is 23.0 Å². The zero-order valence-electron chi connectivity index (χ0n) is 10.7. The van der Waals surface area contributed by atoms with Crippen LogP contribution in [-0.4, -0.2) is 0 Å². The minimum atomic E-state index is 0.249. The lowest BCUT2D eigenvalue weighted by atomic mass is 9.93. The van der Waals surface area contributed by atoms with Crippen LogP contribution in [0.2, 0.25) is 10.0 Å². The summed E-state index contributed by atoms with van der Waals surface area (Å²) in [4.78, 5) is 0. The SMILES string of the molecule is Cc1cc(Cl)c(NC2CCCc3occc32)cc1Cl. The fourth-order valence-electron chi connectivity index (χ4n) is 2.58. The molecule has 1 aromatic carbocycles. The van der Waals surface area contributed by atoms with Crippen LogP contribution >= 0.6 is 23.2 Å². The molecular formula is C15H15Cl2NO. The Morgan fingerprint density at radius 3 is 2.95 bits per heavy atom. The van der Waals surface area contributed by atoms with Crippen molar-refractivity contribution in [2.75, 3.05) is 5.32 Å². The molecule has 100 valence electrons. The second kappa shape index (κ2) is 5.10. The second-order valence-electron chi connectivity index (χ2n) is 4.97. The molecule has 4 heteroatoms. The molecule has 19 heavy (non-hydrogen) atoms. The highest BCUT2D eigenvalue weighted by atomic mass is 35.5. The summed E-state index contributed by atoms with van der Waals surface area (Å²) in [5, 5.41) is 4.92. The van der Waals surface area contributed by atoms with E-state index in [0.717, 1.165) is 41.3 Å². The number of hydrogen-bond acceptors (Lipinski definition) is 2. The highest BCUT2D eigenvalue weighted by Crippen LogP contribution is 2.36. The second-order valence-corrected chi connectivity index (χ2v) is 5.78. The van der Waals surface area contributed by atoms with Gasteiger partial charge in [0.2, 0.25) is 0 Å². The van der Waals surface area contributed by atoms with Gasteiger partial charge >= 0.3 is 0 Å². The molecule has 2 nitrogen and oxygen atoms in total. The normalized spacial score (nSPS) is 18.2. The van der Waals surface area contributed by atoms with Gasteiger partial charge in [0.25, 0.3) is 0 Å². The Labute approximate surface area is 122 Å². The van der Waals surface area contributed by atoms with Crippen LogP contribution in [0.25, 0.3) is 0 Å². The van der Waals surface area contributed by atoms with Gasteiger partial charge in [-0.15, -0.1) is 0 Å². The fourth-order valence-corrected chi connectivity index (χ4v) is 3.02. The van der Waals surface area contributed by atoms with E-state index in [1.54, 1.807) is 6.26 Å². The number of furan rings is 1. The molecule has 1 N–H and O–H groups in total. The van der Waals surface area contributed by atoms with Crippen molar-refractivity contribution in [2.45, 2.75) is 32.2 Å². The monoisotopic (exact) mass is 295 g/mol. The van der Waals surface area contributed by atoms with Crippen molar-refractivity contribution >= 4 is 28.9 Å². The number of anilines is 1. The summed E-state index contributed by atoms with van der Waals surface area (Å²) < 4.78 is 5.50. The highest BCUT2D eigenvalue weighted by molar-refractivity contribution is 6.35. The van der Waals surface area contributed by atoms with Crippen molar-refractivity contribution < 1.29 is 4.42 Å². The van der Waals surface area contributed by atoms with Gasteiger partial charge in [-0.2, -0.15) is 0 Å². The Bertz CT molecular complexity index is 606. The van der Waals surface area contributed by atoms with Crippen LogP contribution in [-0.2, 0) is 6.42 Å². The smallest absolute Gasteiger partial charge is 0.109 e. The van der Waals surface area contributed by atoms with Crippen LogP contribution in [0.4, 0.5) is 5.69 Å². The summed E-state index contributed by atoms with van der Waals surface area (Å²) in [5.74, 6) is 1.08. The summed E-state index contributed by atoms with van der Waals surface area (Å²) in [6, 6.07) is 6.08. The highest BCUT2D eigenvalue weighted by Gasteiger charge is 2.23. The lowest BCUT2D eigenvalue weighted by Gasteiger charge is -2.24. The topological polar surface area (TPSA) is 25.2 Å². The predicted octanol–water partition coefficient (Wildman–Crippen LogP) is 5.38. The third-order valence-electron chi connectivity index (χ3n) is 3.63. The van der Waals surface area contributed by atoms with E-state index in [-0.39, 0.29) is 6.04 Å². The number of benzene rings is 1. The standard InChI is InChI=1S/C15H15Cl2NO/c1-9-7-12(17)14(8-11(9)16)18-13-3-2-4-15-10(13)5-6-19-15/h5-8,13,18H,2-4H2,1H3. The quantitative estimate of drug-likeness (QED) is 0.804. The Morgan fingerprint density at radius 1 is 1.26 bits per heavy atom. The molecule has 1 aromatic heterocycles. The van der Waals surface area contributed by atoms with E-state index in [4.69, 9.17) is 27.6 Å². The van der Waals surface area contributed by atoms with Gasteiger partial charge in [0.1, 0.15) is 5.76 Å². The molecule has 1 heterocycles. The van der Waals surface area contributed by atoms with Crippen molar-refractivity contribution in [1.29, 1.82) is 0 Å². The van der Waals surface area contributed by atoms with Crippen molar-refractivity contribution in [3.63, 3.8) is 0 Å². The molecule has 1 aliphatic carbocycles. The van der Waals surface area contributed by atoms with Crippen LogP contribution in [0.3, 0.4) is 0 Å². The lowest BCUT2D eigenvalue weighted by Crippen LogP contribution is -2.16. The third-order valence-corrected chi connectivity index (χ3v) is 4.35. The van der Waals surface area contributed by atoms with Gasteiger partial charge in [-0.05, 0) is 43.5 Å². The average Bonchev–Trinajstić information content (AvgIpc) is 2.85. The van der Waals surface area contributed by atoms with Crippen LogP contribution < -0.4 is 5.32 Å². The van der Waals surface area contributed by atoms with Crippen LogP contribution in [0, 0.1) is 6.92 Å². The summed E-state index contributed by atoms with van der Waals surface area (Å²) in [7, 11) is 0. The van der Waals surface area contributed by atoms with E-state index >= 15 is 0 Å². The number of halogens is 2. The summed E-state index contributed by atoms with van der Waals surface area (Å²) >= 11 is 12.4. The molecule has 1 aliphatic rings. The maximum absolute atomic E-state index is 6.28. The molecule has 0 radical (unpaired) electrons. The molecule has 0 amide bonds. The molecule has 0 aliphatic heterocycles. The van der Waals surface area contributed by atoms with Crippen molar-refractivity contribution in [3.8, 4) is 0 Å². The number of rotatable bonds is 2. The maximum atomic E-state index is 6.28. The third kappa shape index (κ3) is 2.47. The summed E-state index contributed by atoms with van der Waals surface area (Å²) in [6.07, 6.45) is 4.97. The van der Waals surface area contributed by atoms with Crippen LogP contribution in [0.5, 0.6) is 0 Å². The van der Waals surface area contributed by atoms with Crippen molar-refractivity contribution in [2.24, 2.45) is 0 Å². The van der Waals surface area contributed by atoms with Gasteiger partial charge in [0, 0.05) is 17.0 Å². The molecule has 1 atom stereocenters. The fraction of sp³-hybridized carbons (Fsp3) is 0.333. The summed E-state index contributed by atoms with van der Waals surface area (Å²) in [6.45, 7) is 1.95. The van der Waals surface area contributed by atoms with Crippen molar-refractivity contribution in [3.05, 3.63) is 51.4 Å². The summed E-state index contributed by atoms with van der Waals surface area (Å²) in [5.41, 5.74) is 3.11. The Kier molecular flexibility index (Phi) is 3.46. The number of hydrogen-bond donors (Lipinski definition) is 1. The zero-order chi connectivity index (χ0) is 13.4. The van der Waals surface area contributed by atoms with E-state index in [2.05, 4.69) is 5.32 Å². The molecule has 0 saturated heterocycles. The van der Waals surface area contributed by atoms with E-state index < -0.39 is 0 Å². The van der Waals surface area contributed by atoms with Gasteiger partial charge in [-0.25, -0.2) is 0 Å². The first kappa shape index (κ1) is 12.9. The molecule has 1 unspecified atom stereocenters. The Morgan fingerprint density at radius 2 is 2.11 bits per heavy atom. The van der Waals surface area contributed by atoms with E-state index in [9.17, 15) is 0 Å². The molecule has 0 fully saturated rings. The Balaban J connectivity index is 1.89. The van der Waals surface area contributed by atoms with E-state index in [1.165, 1.54) is 5.56 Å². The lowest BCUT2D eigenvalue weighted by molar-refractivity contribution is 0.461.